The summed E-state index contributed by atoms with van der Waals surface area (Å²) in [6, 6.07) is 25.8. The number of carbonyl (C=O) groups is 1. The van der Waals surface area contributed by atoms with Gasteiger partial charge in [-0.3, -0.25) is 4.79 Å². The number of rotatable bonds is 7. The van der Waals surface area contributed by atoms with E-state index >= 15 is 0 Å². The lowest BCUT2D eigenvalue weighted by Gasteiger charge is -2.26. The predicted molar refractivity (Wildman–Crippen MR) is 119 cm³/mol. The Kier molecular flexibility index (Phi) is 5.67. The lowest BCUT2D eigenvalue weighted by atomic mass is 9.77. The maximum Gasteiger partial charge on any atom is 0.317 e. The number of carbonyl (C=O) groups excluding carboxylic acids is 1. The quantitative estimate of drug-likeness (QED) is 0.516. The van der Waals surface area contributed by atoms with Gasteiger partial charge in [-0.1, -0.05) is 70.5 Å². The van der Waals surface area contributed by atoms with Crippen LogP contribution in [0.4, 0.5) is 0 Å². The van der Waals surface area contributed by atoms with Crippen molar-refractivity contribution in [1.29, 1.82) is 0 Å². The number of benzene rings is 3. The Hall–Kier alpha value is -2.63. The molecular formula is C25H23BrO4. The van der Waals surface area contributed by atoms with Gasteiger partial charge in [0.15, 0.2) is 0 Å². The number of esters is 1. The van der Waals surface area contributed by atoms with Crippen LogP contribution in [0, 0.1) is 0 Å². The monoisotopic (exact) mass is 466 g/mol. The zero-order chi connectivity index (χ0) is 21.2. The molecule has 0 bridgehead atoms. The zero-order valence-corrected chi connectivity index (χ0v) is 18.3. The summed E-state index contributed by atoms with van der Waals surface area (Å²) in [5.41, 5.74) is 1.69. The summed E-state index contributed by atoms with van der Waals surface area (Å²) in [5, 5.41) is 8.99. The second-order valence-corrected chi connectivity index (χ2v) is 8.36. The lowest BCUT2D eigenvalue weighted by molar-refractivity contribution is -0.144. The molecule has 4 nitrogen and oxygen atoms in total. The average Bonchev–Trinajstić information content (AvgIpc) is 3.51. The van der Waals surface area contributed by atoms with Crippen molar-refractivity contribution in [1.82, 2.24) is 0 Å². The fraction of sp³-hybridized carbons (Fsp3) is 0.240. The summed E-state index contributed by atoms with van der Waals surface area (Å²) >= 11 is 3.49. The van der Waals surface area contributed by atoms with E-state index in [0.29, 0.717) is 12.2 Å². The molecule has 4 rings (SSSR count). The Morgan fingerprint density at radius 1 is 0.933 bits per heavy atom. The standard InChI is InChI=1S/C25H23BrO4/c1-29-23(28)25(20-7-11-21(26)12-8-20)17-24(25,18-5-3-2-4-6-18)19-9-13-22(14-10-19)30-16-15-27/h2-14,27H,15-17H2,1H3/t24-,25+/m1/s1. The van der Waals surface area contributed by atoms with E-state index in [0.717, 1.165) is 21.2 Å². The van der Waals surface area contributed by atoms with Crippen molar-refractivity contribution < 1.29 is 19.4 Å². The highest BCUT2D eigenvalue weighted by atomic mass is 79.9. The number of hydrogen-bond acceptors (Lipinski definition) is 4. The number of ether oxygens (including phenoxy) is 2. The van der Waals surface area contributed by atoms with Crippen molar-refractivity contribution in [2.75, 3.05) is 20.3 Å². The van der Waals surface area contributed by atoms with Gasteiger partial charge >= 0.3 is 5.97 Å². The Labute approximate surface area is 184 Å². The van der Waals surface area contributed by atoms with Crippen LogP contribution >= 0.6 is 15.9 Å². The highest BCUT2D eigenvalue weighted by Crippen LogP contribution is 2.69. The number of halogens is 1. The molecule has 0 spiro atoms. The fourth-order valence-corrected chi connectivity index (χ4v) is 4.82. The largest absolute Gasteiger partial charge is 0.491 e. The molecule has 3 aromatic rings. The van der Waals surface area contributed by atoms with Crippen LogP contribution < -0.4 is 4.74 Å². The minimum absolute atomic E-state index is 0.0370. The zero-order valence-electron chi connectivity index (χ0n) is 16.7. The normalized spacial score (nSPS) is 22.4. The summed E-state index contributed by atoms with van der Waals surface area (Å²) in [4.78, 5) is 13.3. The molecule has 0 radical (unpaired) electrons. The van der Waals surface area contributed by atoms with E-state index in [9.17, 15) is 4.79 Å². The van der Waals surface area contributed by atoms with Crippen molar-refractivity contribution in [3.05, 3.63) is 100 Å². The minimum Gasteiger partial charge on any atom is -0.491 e. The maximum atomic E-state index is 13.3. The molecule has 0 amide bonds. The van der Waals surface area contributed by atoms with Gasteiger partial charge < -0.3 is 14.6 Å². The predicted octanol–water partition coefficient (Wildman–Crippen LogP) is 4.62. The van der Waals surface area contributed by atoms with Gasteiger partial charge in [0, 0.05) is 9.89 Å². The van der Waals surface area contributed by atoms with Gasteiger partial charge in [-0.15, -0.1) is 0 Å². The van der Waals surface area contributed by atoms with Crippen LogP contribution in [0.5, 0.6) is 5.75 Å². The molecule has 0 heterocycles. The second-order valence-electron chi connectivity index (χ2n) is 7.45. The van der Waals surface area contributed by atoms with E-state index in [1.165, 1.54) is 7.11 Å². The Bertz CT molecular complexity index is 1020. The first-order valence-electron chi connectivity index (χ1n) is 9.83. The van der Waals surface area contributed by atoms with Crippen LogP contribution in [0.2, 0.25) is 0 Å². The minimum atomic E-state index is -0.808. The second kappa shape index (κ2) is 8.25. The molecule has 0 saturated heterocycles. The van der Waals surface area contributed by atoms with E-state index < -0.39 is 10.8 Å². The van der Waals surface area contributed by atoms with E-state index in [2.05, 4.69) is 28.1 Å². The summed E-state index contributed by atoms with van der Waals surface area (Å²) in [6.45, 7) is 0.207. The van der Waals surface area contributed by atoms with Gasteiger partial charge in [0.2, 0.25) is 0 Å². The Balaban J connectivity index is 1.87. The molecule has 2 atom stereocenters. The smallest absolute Gasteiger partial charge is 0.317 e. The van der Waals surface area contributed by atoms with Gasteiger partial charge in [-0.2, -0.15) is 0 Å². The molecule has 30 heavy (non-hydrogen) atoms. The van der Waals surface area contributed by atoms with Crippen LogP contribution in [0.1, 0.15) is 23.1 Å². The van der Waals surface area contributed by atoms with Gasteiger partial charge in [-0.05, 0) is 47.4 Å². The highest BCUT2D eigenvalue weighted by Gasteiger charge is 2.74. The molecule has 1 N–H and O–H groups in total. The summed E-state index contributed by atoms with van der Waals surface area (Å²) in [6.07, 6.45) is 0.620. The van der Waals surface area contributed by atoms with E-state index in [-0.39, 0.29) is 19.2 Å². The molecular weight excluding hydrogens is 444 g/mol. The third-order valence-electron chi connectivity index (χ3n) is 5.98. The lowest BCUT2D eigenvalue weighted by Crippen LogP contribution is -2.32. The van der Waals surface area contributed by atoms with Crippen molar-refractivity contribution in [2.45, 2.75) is 17.3 Å². The van der Waals surface area contributed by atoms with Crippen molar-refractivity contribution in [3.8, 4) is 5.75 Å². The van der Waals surface area contributed by atoms with Gasteiger partial charge in [-0.25, -0.2) is 0 Å². The third-order valence-corrected chi connectivity index (χ3v) is 6.51. The summed E-state index contributed by atoms with van der Waals surface area (Å²) in [5.74, 6) is 0.443. The Morgan fingerprint density at radius 3 is 2.13 bits per heavy atom. The number of hydrogen-bond donors (Lipinski definition) is 1. The van der Waals surface area contributed by atoms with Crippen LogP contribution in [-0.4, -0.2) is 31.4 Å². The van der Waals surface area contributed by atoms with Crippen LogP contribution in [-0.2, 0) is 20.4 Å². The SMILES string of the molecule is COC(=O)[C@@]1(c2ccc(Br)cc2)C[C@@]1(c1ccccc1)c1ccc(OCCO)cc1. The highest BCUT2D eigenvalue weighted by molar-refractivity contribution is 9.10. The number of aliphatic hydroxyl groups is 1. The molecule has 1 fully saturated rings. The molecule has 5 heteroatoms. The number of aliphatic hydroxyl groups excluding tert-OH is 1. The molecule has 1 saturated carbocycles. The van der Waals surface area contributed by atoms with Gasteiger partial charge in [0.1, 0.15) is 17.8 Å². The van der Waals surface area contributed by atoms with Crippen LogP contribution in [0.3, 0.4) is 0 Å². The van der Waals surface area contributed by atoms with Gasteiger partial charge in [0.25, 0.3) is 0 Å². The topological polar surface area (TPSA) is 55.8 Å². The van der Waals surface area contributed by atoms with Crippen molar-refractivity contribution >= 4 is 21.9 Å². The summed E-state index contributed by atoms with van der Waals surface area (Å²) < 4.78 is 11.8. The first-order chi connectivity index (χ1) is 14.6. The molecule has 0 aromatic heterocycles. The van der Waals surface area contributed by atoms with E-state index in [4.69, 9.17) is 14.6 Å². The first kappa shape index (κ1) is 20.6. The van der Waals surface area contributed by atoms with Crippen LogP contribution in [0.15, 0.2) is 83.3 Å². The fourth-order valence-electron chi connectivity index (χ4n) is 4.56. The average molecular weight is 467 g/mol. The molecule has 3 aromatic carbocycles. The number of methoxy groups -OCH3 is 1. The molecule has 1 aliphatic carbocycles. The van der Waals surface area contributed by atoms with Crippen molar-refractivity contribution in [3.63, 3.8) is 0 Å². The Morgan fingerprint density at radius 2 is 1.53 bits per heavy atom. The van der Waals surface area contributed by atoms with E-state index in [1.807, 2.05) is 66.7 Å². The first-order valence-corrected chi connectivity index (χ1v) is 10.6. The molecule has 0 unspecified atom stereocenters. The third kappa shape index (κ3) is 3.22. The van der Waals surface area contributed by atoms with E-state index in [1.54, 1.807) is 0 Å². The summed E-state index contributed by atoms with van der Waals surface area (Å²) in [7, 11) is 1.45. The maximum absolute atomic E-state index is 13.3. The molecule has 0 aliphatic heterocycles. The molecule has 1 aliphatic rings. The molecule has 154 valence electrons. The van der Waals surface area contributed by atoms with Gasteiger partial charge in [0.05, 0.1) is 13.7 Å². The van der Waals surface area contributed by atoms with Crippen molar-refractivity contribution in [2.24, 2.45) is 0 Å². The van der Waals surface area contributed by atoms with Crippen LogP contribution in [0.25, 0.3) is 0 Å².